The second-order valence-corrected chi connectivity index (χ2v) is 4.37. The lowest BCUT2D eigenvalue weighted by Gasteiger charge is -1.97. The SMILES string of the molecule is CS/C=C\C=C\c1nc2ccc(O)cc2n1C. The van der Waals surface area contributed by atoms with E-state index in [0.717, 1.165) is 16.9 Å². The van der Waals surface area contributed by atoms with Gasteiger partial charge in [-0.15, -0.1) is 11.8 Å². The third kappa shape index (κ3) is 2.53. The normalized spacial score (nSPS) is 12.1. The van der Waals surface area contributed by atoms with Crippen molar-refractivity contribution in [2.45, 2.75) is 0 Å². The zero-order valence-corrected chi connectivity index (χ0v) is 10.6. The maximum absolute atomic E-state index is 9.44. The fourth-order valence-electron chi connectivity index (χ4n) is 1.61. The summed E-state index contributed by atoms with van der Waals surface area (Å²) in [7, 11) is 1.94. The molecule has 2 aromatic rings. The van der Waals surface area contributed by atoms with Crippen molar-refractivity contribution in [3.05, 3.63) is 41.6 Å². The molecule has 1 heterocycles. The molecule has 1 N–H and O–H groups in total. The van der Waals surface area contributed by atoms with Crippen LogP contribution in [0, 0.1) is 0 Å². The molecular formula is C13H14N2OS. The summed E-state index contributed by atoms with van der Waals surface area (Å²) >= 11 is 1.66. The third-order valence-electron chi connectivity index (χ3n) is 2.47. The van der Waals surface area contributed by atoms with Gasteiger partial charge in [0.05, 0.1) is 11.0 Å². The molecule has 0 fully saturated rings. The minimum atomic E-state index is 0.262. The van der Waals surface area contributed by atoms with Crippen molar-refractivity contribution in [2.75, 3.05) is 6.26 Å². The quantitative estimate of drug-likeness (QED) is 0.845. The van der Waals surface area contributed by atoms with Gasteiger partial charge in [0.25, 0.3) is 0 Å². The highest BCUT2D eigenvalue weighted by molar-refractivity contribution is 8.01. The first-order valence-electron chi connectivity index (χ1n) is 5.24. The Kier molecular flexibility index (Phi) is 3.54. The summed E-state index contributed by atoms with van der Waals surface area (Å²) in [6.45, 7) is 0. The van der Waals surface area contributed by atoms with Gasteiger partial charge in [-0.3, -0.25) is 0 Å². The number of fused-ring (bicyclic) bond motifs is 1. The Bertz CT molecular complexity index is 584. The van der Waals surface area contributed by atoms with E-state index in [2.05, 4.69) is 4.98 Å². The second kappa shape index (κ2) is 5.10. The van der Waals surface area contributed by atoms with Crippen LogP contribution < -0.4 is 0 Å². The Labute approximate surface area is 104 Å². The van der Waals surface area contributed by atoms with Gasteiger partial charge in [-0.1, -0.05) is 12.2 Å². The molecule has 0 bridgehead atoms. The van der Waals surface area contributed by atoms with Gasteiger partial charge >= 0.3 is 0 Å². The number of rotatable bonds is 3. The maximum atomic E-state index is 9.44. The molecule has 88 valence electrons. The standard InChI is InChI=1S/C13H14N2OS/c1-15-12-9-10(16)6-7-11(12)14-13(15)5-3-4-8-17-2/h3-9,16H,1-2H3/b5-3+,8-4-. The molecule has 0 saturated heterocycles. The minimum Gasteiger partial charge on any atom is -0.508 e. The number of hydrogen-bond donors (Lipinski definition) is 1. The van der Waals surface area contributed by atoms with Crippen LogP contribution in [0.4, 0.5) is 0 Å². The summed E-state index contributed by atoms with van der Waals surface area (Å²) < 4.78 is 1.96. The van der Waals surface area contributed by atoms with Gasteiger partial charge in [-0.2, -0.15) is 0 Å². The number of aromatic hydroxyl groups is 1. The number of aromatic nitrogens is 2. The van der Waals surface area contributed by atoms with E-state index < -0.39 is 0 Å². The summed E-state index contributed by atoms with van der Waals surface area (Å²) in [5.74, 6) is 1.13. The van der Waals surface area contributed by atoms with E-state index in [-0.39, 0.29) is 5.75 Å². The lowest BCUT2D eigenvalue weighted by Crippen LogP contribution is -1.90. The predicted molar refractivity (Wildman–Crippen MR) is 74.1 cm³/mol. The van der Waals surface area contributed by atoms with Crippen LogP contribution in [-0.2, 0) is 7.05 Å². The topological polar surface area (TPSA) is 38.1 Å². The number of phenols is 1. The molecule has 3 nitrogen and oxygen atoms in total. The number of phenolic OH excluding ortho intramolecular Hbond substituents is 1. The molecule has 0 saturated carbocycles. The molecule has 0 unspecified atom stereocenters. The van der Waals surface area contributed by atoms with Crippen LogP contribution in [0.1, 0.15) is 5.82 Å². The van der Waals surface area contributed by atoms with Crippen LogP contribution in [0.2, 0.25) is 0 Å². The Balaban J connectivity index is 2.39. The highest BCUT2D eigenvalue weighted by Crippen LogP contribution is 2.20. The van der Waals surface area contributed by atoms with Gasteiger partial charge in [0.15, 0.2) is 0 Å². The first-order valence-corrected chi connectivity index (χ1v) is 6.52. The summed E-state index contributed by atoms with van der Waals surface area (Å²) in [4.78, 5) is 4.48. The Morgan fingerprint density at radius 2 is 2.18 bits per heavy atom. The van der Waals surface area contributed by atoms with Gasteiger partial charge in [-0.05, 0) is 29.9 Å². The molecule has 0 aliphatic carbocycles. The first kappa shape index (κ1) is 11.8. The molecule has 2 rings (SSSR count). The largest absolute Gasteiger partial charge is 0.508 e. The van der Waals surface area contributed by atoms with Crippen molar-refractivity contribution < 1.29 is 5.11 Å². The van der Waals surface area contributed by atoms with Crippen LogP contribution in [0.3, 0.4) is 0 Å². The molecule has 0 aliphatic heterocycles. The third-order valence-corrected chi connectivity index (χ3v) is 2.90. The molecule has 0 spiro atoms. The lowest BCUT2D eigenvalue weighted by molar-refractivity contribution is 0.476. The number of thioether (sulfide) groups is 1. The van der Waals surface area contributed by atoms with Crippen molar-refractivity contribution in [3.63, 3.8) is 0 Å². The summed E-state index contributed by atoms with van der Waals surface area (Å²) in [6.07, 6.45) is 7.89. The monoisotopic (exact) mass is 246 g/mol. The highest BCUT2D eigenvalue weighted by Gasteiger charge is 2.05. The Morgan fingerprint density at radius 1 is 1.35 bits per heavy atom. The van der Waals surface area contributed by atoms with Crippen molar-refractivity contribution >= 4 is 28.9 Å². The molecule has 1 aromatic heterocycles. The van der Waals surface area contributed by atoms with Crippen LogP contribution >= 0.6 is 11.8 Å². The number of aryl methyl sites for hydroxylation is 1. The van der Waals surface area contributed by atoms with Crippen LogP contribution in [0.5, 0.6) is 5.75 Å². The van der Waals surface area contributed by atoms with Gasteiger partial charge in [0, 0.05) is 13.1 Å². The van der Waals surface area contributed by atoms with E-state index in [1.165, 1.54) is 0 Å². The predicted octanol–water partition coefficient (Wildman–Crippen LogP) is 3.17. The molecule has 0 amide bonds. The van der Waals surface area contributed by atoms with Crippen LogP contribution in [0.15, 0.2) is 35.8 Å². The van der Waals surface area contributed by atoms with Crippen LogP contribution in [-0.4, -0.2) is 20.9 Å². The molecule has 1 aromatic carbocycles. The Morgan fingerprint density at radius 3 is 2.94 bits per heavy atom. The van der Waals surface area contributed by atoms with Gasteiger partial charge < -0.3 is 9.67 Å². The maximum Gasteiger partial charge on any atom is 0.133 e. The average molecular weight is 246 g/mol. The summed E-state index contributed by atoms with van der Waals surface area (Å²) in [6, 6.07) is 5.19. The molecule has 4 heteroatoms. The van der Waals surface area contributed by atoms with Crippen molar-refractivity contribution in [1.82, 2.24) is 9.55 Å². The number of nitrogens with zero attached hydrogens (tertiary/aromatic N) is 2. The van der Waals surface area contributed by atoms with E-state index in [9.17, 15) is 5.11 Å². The van der Waals surface area contributed by atoms with Crippen LogP contribution in [0.25, 0.3) is 17.1 Å². The second-order valence-electron chi connectivity index (χ2n) is 3.63. The average Bonchev–Trinajstić information content (AvgIpc) is 2.62. The van der Waals surface area contributed by atoms with E-state index in [4.69, 9.17) is 0 Å². The fourth-order valence-corrected chi connectivity index (χ4v) is 1.86. The first-order chi connectivity index (χ1) is 8.22. The minimum absolute atomic E-state index is 0.262. The highest BCUT2D eigenvalue weighted by atomic mass is 32.2. The van der Waals surface area contributed by atoms with Crippen molar-refractivity contribution in [3.8, 4) is 5.75 Å². The van der Waals surface area contributed by atoms with Crippen molar-refractivity contribution in [2.24, 2.45) is 7.05 Å². The number of allylic oxidation sites excluding steroid dienone is 2. The zero-order valence-electron chi connectivity index (χ0n) is 9.79. The van der Waals surface area contributed by atoms with Gasteiger partial charge in [0.1, 0.15) is 11.6 Å². The Hall–Kier alpha value is -1.68. The number of benzene rings is 1. The summed E-state index contributed by atoms with van der Waals surface area (Å²) in [5, 5.41) is 11.4. The van der Waals surface area contributed by atoms with E-state index >= 15 is 0 Å². The molecule has 0 radical (unpaired) electrons. The van der Waals surface area contributed by atoms with E-state index in [1.54, 1.807) is 23.9 Å². The van der Waals surface area contributed by atoms with Gasteiger partial charge in [0.2, 0.25) is 0 Å². The molecule has 0 aliphatic rings. The smallest absolute Gasteiger partial charge is 0.133 e. The number of imidazole rings is 1. The zero-order chi connectivity index (χ0) is 12.3. The van der Waals surface area contributed by atoms with Gasteiger partial charge in [-0.25, -0.2) is 4.98 Å². The van der Waals surface area contributed by atoms with Crippen molar-refractivity contribution in [1.29, 1.82) is 0 Å². The fraction of sp³-hybridized carbons (Fsp3) is 0.154. The van der Waals surface area contributed by atoms with E-state index in [0.29, 0.717) is 0 Å². The molecule has 17 heavy (non-hydrogen) atoms. The molecule has 0 atom stereocenters. The number of hydrogen-bond acceptors (Lipinski definition) is 3. The van der Waals surface area contributed by atoms with E-state index in [1.807, 2.05) is 47.6 Å². The molecular weight excluding hydrogens is 232 g/mol. The summed E-state index contributed by atoms with van der Waals surface area (Å²) in [5.41, 5.74) is 1.82. The lowest BCUT2D eigenvalue weighted by atomic mass is 10.3.